The molecule has 1 unspecified atom stereocenters. The summed E-state index contributed by atoms with van der Waals surface area (Å²) in [6.45, 7) is 0. The standard InChI is InChI=1S/C15H10BrClF2O/c16-7-10-5-8-4-9(18)6-11(15(8)20-10)14-12(17)2-1-3-13(14)19/h1-4,6,10H,5,7H2. The Labute approximate surface area is 128 Å². The minimum absolute atomic E-state index is 0.0731. The van der Waals surface area contributed by atoms with Crippen LogP contribution in [0.3, 0.4) is 0 Å². The molecule has 0 bridgehead atoms. The Morgan fingerprint density at radius 3 is 2.80 bits per heavy atom. The Bertz CT molecular complexity index is 655. The zero-order valence-electron chi connectivity index (χ0n) is 10.3. The SMILES string of the molecule is Fc1cc2c(c(-c3c(F)cccc3Cl)c1)OC(CBr)C2. The first-order valence-electron chi connectivity index (χ1n) is 6.09. The monoisotopic (exact) mass is 358 g/mol. The molecule has 0 aliphatic carbocycles. The predicted octanol–water partition coefficient (Wildman–Crippen LogP) is 4.98. The molecule has 1 aliphatic rings. The van der Waals surface area contributed by atoms with E-state index in [0.29, 0.717) is 23.1 Å². The molecule has 1 heterocycles. The molecule has 2 aromatic rings. The van der Waals surface area contributed by atoms with Crippen LogP contribution in [0.15, 0.2) is 30.3 Å². The molecule has 2 aromatic carbocycles. The van der Waals surface area contributed by atoms with Crippen molar-refractivity contribution in [1.82, 2.24) is 0 Å². The lowest BCUT2D eigenvalue weighted by atomic mass is 10.00. The van der Waals surface area contributed by atoms with Gasteiger partial charge in [0, 0.05) is 28.4 Å². The molecule has 5 heteroatoms. The molecule has 1 nitrogen and oxygen atoms in total. The smallest absolute Gasteiger partial charge is 0.132 e. The van der Waals surface area contributed by atoms with Crippen molar-refractivity contribution in [3.05, 3.63) is 52.6 Å². The Balaban J connectivity index is 2.21. The van der Waals surface area contributed by atoms with Gasteiger partial charge in [0.2, 0.25) is 0 Å². The third-order valence-corrected chi connectivity index (χ3v) is 4.30. The number of fused-ring (bicyclic) bond motifs is 1. The first-order chi connectivity index (χ1) is 9.60. The lowest BCUT2D eigenvalue weighted by Gasteiger charge is -2.12. The molecule has 0 saturated carbocycles. The van der Waals surface area contributed by atoms with Gasteiger partial charge < -0.3 is 4.74 Å². The maximum atomic E-state index is 14.0. The van der Waals surface area contributed by atoms with E-state index in [1.165, 1.54) is 24.3 Å². The van der Waals surface area contributed by atoms with Crippen molar-refractivity contribution in [3.63, 3.8) is 0 Å². The molecule has 0 amide bonds. The summed E-state index contributed by atoms with van der Waals surface area (Å²) < 4.78 is 33.6. The van der Waals surface area contributed by atoms with Gasteiger partial charge in [0.15, 0.2) is 0 Å². The van der Waals surface area contributed by atoms with Crippen molar-refractivity contribution in [3.8, 4) is 16.9 Å². The summed E-state index contributed by atoms with van der Waals surface area (Å²) in [5.74, 6) is -0.393. The van der Waals surface area contributed by atoms with Crippen LogP contribution in [0.4, 0.5) is 8.78 Å². The summed E-state index contributed by atoms with van der Waals surface area (Å²) in [7, 11) is 0. The van der Waals surface area contributed by atoms with Crippen LogP contribution in [0.25, 0.3) is 11.1 Å². The van der Waals surface area contributed by atoms with Crippen LogP contribution in [0.5, 0.6) is 5.75 Å². The summed E-state index contributed by atoms with van der Waals surface area (Å²) in [4.78, 5) is 0. The summed E-state index contributed by atoms with van der Waals surface area (Å²) in [6.07, 6.45) is 0.522. The molecule has 0 N–H and O–H groups in total. The zero-order valence-corrected chi connectivity index (χ0v) is 12.6. The van der Waals surface area contributed by atoms with Crippen LogP contribution < -0.4 is 4.74 Å². The molecule has 0 saturated heterocycles. The predicted molar refractivity (Wildman–Crippen MR) is 78.7 cm³/mol. The van der Waals surface area contributed by atoms with Gasteiger partial charge >= 0.3 is 0 Å². The van der Waals surface area contributed by atoms with Crippen LogP contribution in [-0.2, 0) is 6.42 Å². The van der Waals surface area contributed by atoms with E-state index in [1.807, 2.05) is 0 Å². The minimum Gasteiger partial charge on any atom is -0.488 e. The molecular weight excluding hydrogens is 350 g/mol. The Morgan fingerprint density at radius 2 is 2.10 bits per heavy atom. The summed E-state index contributed by atoms with van der Waals surface area (Å²) in [5, 5.41) is 0.872. The number of rotatable bonds is 2. The van der Waals surface area contributed by atoms with Crippen molar-refractivity contribution in [1.29, 1.82) is 0 Å². The second-order valence-electron chi connectivity index (χ2n) is 4.64. The van der Waals surface area contributed by atoms with Crippen LogP contribution in [0.1, 0.15) is 5.56 Å². The molecule has 0 radical (unpaired) electrons. The molecular formula is C15H10BrClF2O. The molecule has 104 valence electrons. The second-order valence-corrected chi connectivity index (χ2v) is 5.69. The molecule has 0 aromatic heterocycles. The highest BCUT2D eigenvalue weighted by Gasteiger charge is 2.27. The Morgan fingerprint density at radius 1 is 1.30 bits per heavy atom. The highest BCUT2D eigenvalue weighted by atomic mass is 79.9. The highest BCUT2D eigenvalue weighted by molar-refractivity contribution is 9.09. The van der Waals surface area contributed by atoms with E-state index in [9.17, 15) is 8.78 Å². The number of halogens is 4. The first-order valence-corrected chi connectivity index (χ1v) is 7.59. The third kappa shape index (κ3) is 2.31. The van der Waals surface area contributed by atoms with Gasteiger partial charge in [-0.1, -0.05) is 33.6 Å². The molecule has 0 fully saturated rings. The highest BCUT2D eigenvalue weighted by Crippen LogP contribution is 2.43. The topological polar surface area (TPSA) is 9.23 Å². The Kier molecular flexibility index (Phi) is 3.69. The molecule has 1 aliphatic heterocycles. The number of hydrogen-bond acceptors (Lipinski definition) is 1. The average Bonchev–Trinajstić information content (AvgIpc) is 2.81. The summed E-state index contributed by atoms with van der Waals surface area (Å²) in [6, 6.07) is 7.09. The quantitative estimate of drug-likeness (QED) is 0.687. The molecule has 0 spiro atoms. The average molecular weight is 360 g/mol. The van der Waals surface area contributed by atoms with E-state index in [2.05, 4.69) is 15.9 Å². The largest absolute Gasteiger partial charge is 0.488 e. The molecule has 20 heavy (non-hydrogen) atoms. The molecule has 3 rings (SSSR count). The van der Waals surface area contributed by atoms with E-state index in [0.717, 1.165) is 5.56 Å². The lowest BCUT2D eigenvalue weighted by molar-refractivity contribution is 0.261. The maximum Gasteiger partial charge on any atom is 0.132 e. The van der Waals surface area contributed by atoms with Crippen LogP contribution in [0, 0.1) is 11.6 Å². The van der Waals surface area contributed by atoms with Crippen molar-refractivity contribution in [2.45, 2.75) is 12.5 Å². The van der Waals surface area contributed by atoms with Gasteiger partial charge in [0.25, 0.3) is 0 Å². The van der Waals surface area contributed by atoms with E-state index in [-0.39, 0.29) is 16.7 Å². The normalized spacial score (nSPS) is 16.9. The van der Waals surface area contributed by atoms with Gasteiger partial charge in [-0.3, -0.25) is 0 Å². The van der Waals surface area contributed by atoms with Crippen LogP contribution in [0.2, 0.25) is 5.02 Å². The maximum absolute atomic E-state index is 14.0. The van der Waals surface area contributed by atoms with Gasteiger partial charge in [-0.05, 0) is 24.3 Å². The van der Waals surface area contributed by atoms with Crippen molar-refractivity contribution in [2.24, 2.45) is 0 Å². The van der Waals surface area contributed by atoms with Crippen LogP contribution in [-0.4, -0.2) is 11.4 Å². The fourth-order valence-electron chi connectivity index (χ4n) is 2.42. The third-order valence-electron chi connectivity index (χ3n) is 3.27. The van der Waals surface area contributed by atoms with Gasteiger partial charge in [0.1, 0.15) is 23.5 Å². The summed E-state index contributed by atoms with van der Waals surface area (Å²) in [5.41, 5.74) is 1.29. The van der Waals surface area contributed by atoms with Gasteiger partial charge in [0.05, 0.1) is 5.02 Å². The van der Waals surface area contributed by atoms with Gasteiger partial charge in [-0.15, -0.1) is 0 Å². The van der Waals surface area contributed by atoms with Crippen molar-refractivity contribution in [2.75, 3.05) is 5.33 Å². The lowest BCUT2D eigenvalue weighted by Crippen LogP contribution is -2.13. The number of ether oxygens (including phenoxy) is 1. The fourth-order valence-corrected chi connectivity index (χ4v) is 3.05. The van der Waals surface area contributed by atoms with E-state index in [4.69, 9.17) is 16.3 Å². The number of benzene rings is 2. The van der Waals surface area contributed by atoms with E-state index in [1.54, 1.807) is 6.07 Å². The zero-order chi connectivity index (χ0) is 14.3. The van der Waals surface area contributed by atoms with Crippen LogP contribution >= 0.6 is 27.5 Å². The fraction of sp³-hybridized carbons (Fsp3) is 0.200. The first kappa shape index (κ1) is 13.8. The summed E-state index contributed by atoms with van der Waals surface area (Å²) >= 11 is 9.41. The van der Waals surface area contributed by atoms with E-state index >= 15 is 0 Å². The molecule has 1 atom stereocenters. The van der Waals surface area contributed by atoms with E-state index < -0.39 is 11.6 Å². The number of alkyl halides is 1. The second kappa shape index (κ2) is 5.34. The van der Waals surface area contributed by atoms with Crippen molar-refractivity contribution >= 4 is 27.5 Å². The Hall–Kier alpha value is -1.13. The van der Waals surface area contributed by atoms with Gasteiger partial charge in [-0.2, -0.15) is 0 Å². The van der Waals surface area contributed by atoms with Gasteiger partial charge in [-0.25, -0.2) is 8.78 Å². The van der Waals surface area contributed by atoms with Crippen molar-refractivity contribution < 1.29 is 13.5 Å². The minimum atomic E-state index is -0.490. The number of hydrogen-bond donors (Lipinski definition) is 0.